The lowest BCUT2D eigenvalue weighted by Crippen LogP contribution is -2.10. The molecule has 5 nitrogen and oxygen atoms in total. The van der Waals surface area contributed by atoms with E-state index in [2.05, 4.69) is 9.97 Å². The molecular formula is C14H14F2N2O3. The fourth-order valence-electron chi connectivity index (χ4n) is 1.86. The molecule has 0 spiro atoms. The SMILES string of the molecule is COc1cnc(C(O)Cc2c(F)cccc2F)c(OC)n1. The summed E-state index contributed by atoms with van der Waals surface area (Å²) in [5.41, 5.74) is -0.134. The van der Waals surface area contributed by atoms with Crippen molar-refractivity contribution in [1.29, 1.82) is 0 Å². The van der Waals surface area contributed by atoms with Crippen molar-refractivity contribution in [2.45, 2.75) is 12.5 Å². The summed E-state index contributed by atoms with van der Waals surface area (Å²) in [6.07, 6.45) is -0.251. The van der Waals surface area contributed by atoms with E-state index in [0.717, 1.165) is 12.1 Å². The molecule has 0 saturated carbocycles. The van der Waals surface area contributed by atoms with Gasteiger partial charge in [-0.25, -0.2) is 13.8 Å². The van der Waals surface area contributed by atoms with Crippen LogP contribution < -0.4 is 9.47 Å². The van der Waals surface area contributed by atoms with Crippen molar-refractivity contribution in [3.8, 4) is 11.8 Å². The van der Waals surface area contributed by atoms with Gasteiger partial charge in [-0.15, -0.1) is 0 Å². The highest BCUT2D eigenvalue weighted by molar-refractivity contribution is 5.28. The highest BCUT2D eigenvalue weighted by Gasteiger charge is 2.21. The van der Waals surface area contributed by atoms with E-state index >= 15 is 0 Å². The Labute approximate surface area is 120 Å². The number of nitrogens with zero attached hydrogens (tertiary/aromatic N) is 2. The molecule has 0 aliphatic rings. The summed E-state index contributed by atoms with van der Waals surface area (Å²) in [5, 5.41) is 10.1. The molecule has 1 aromatic carbocycles. The van der Waals surface area contributed by atoms with E-state index < -0.39 is 17.7 Å². The number of halogens is 2. The van der Waals surface area contributed by atoms with E-state index in [1.54, 1.807) is 0 Å². The second-order valence-electron chi connectivity index (χ2n) is 4.23. The maximum Gasteiger partial charge on any atom is 0.241 e. The largest absolute Gasteiger partial charge is 0.480 e. The summed E-state index contributed by atoms with van der Waals surface area (Å²) in [4.78, 5) is 7.93. The smallest absolute Gasteiger partial charge is 0.241 e. The number of aliphatic hydroxyl groups is 1. The molecule has 2 aromatic rings. The first kappa shape index (κ1) is 15.1. The Morgan fingerprint density at radius 3 is 2.43 bits per heavy atom. The minimum atomic E-state index is -1.26. The van der Waals surface area contributed by atoms with Crippen molar-refractivity contribution in [3.05, 3.63) is 47.3 Å². The molecule has 0 radical (unpaired) electrons. The van der Waals surface area contributed by atoms with Crippen LogP contribution in [0.3, 0.4) is 0 Å². The molecule has 1 unspecified atom stereocenters. The fraction of sp³-hybridized carbons (Fsp3) is 0.286. The van der Waals surface area contributed by atoms with Crippen LogP contribution in [0.25, 0.3) is 0 Å². The Morgan fingerprint density at radius 1 is 1.19 bits per heavy atom. The van der Waals surface area contributed by atoms with Gasteiger partial charge < -0.3 is 14.6 Å². The van der Waals surface area contributed by atoms with Crippen LogP contribution in [-0.4, -0.2) is 29.3 Å². The lowest BCUT2D eigenvalue weighted by molar-refractivity contribution is 0.164. The van der Waals surface area contributed by atoms with Crippen molar-refractivity contribution in [2.24, 2.45) is 0 Å². The zero-order valence-corrected chi connectivity index (χ0v) is 11.5. The highest BCUT2D eigenvalue weighted by Crippen LogP contribution is 2.27. The van der Waals surface area contributed by atoms with Crippen LogP contribution in [0.2, 0.25) is 0 Å². The topological polar surface area (TPSA) is 64.5 Å². The Morgan fingerprint density at radius 2 is 1.86 bits per heavy atom. The van der Waals surface area contributed by atoms with Gasteiger partial charge in [0.05, 0.1) is 20.4 Å². The summed E-state index contributed by atoms with van der Waals surface area (Å²) in [6, 6.07) is 3.51. The zero-order valence-electron chi connectivity index (χ0n) is 11.5. The molecule has 0 fully saturated rings. The lowest BCUT2D eigenvalue weighted by atomic mass is 10.0. The molecule has 7 heteroatoms. The van der Waals surface area contributed by atoms with E-state index in [1.807, 2.05) is 0 Å². The van der Waals surface area contributed by atoms with Gasteiger partial charge in [0.2, 0.25) is 11.8 Å². The maximum absolute atomic E-state index is 13.6. The third-order valence-electron chi connectivity index (χ3n) is 2.92. The van der Waals surface area contributed by atoms with Gasteiger partial charge in [0, 0.05) is 12.0 Å². The molecule has 0 bridgehead atoms. The van der Waals surface area contributed by atoms with E-state index in [0.29, 0.717) is 0 Å². The van der Waals surface area contributed by atoms with Gasteiger partial charge >= 0.3 is 0 Å². The highest BCUT2D eigenvalue weighted by atomic mass is 19.1. The summed E-state index contributed by atoms with van der Waals surface area (Å²) in [7, 11) is 2.76. The second kappa shape index (κ2) is 6.45. The van der Waals surface area contributed by atoms with Crippen LogP contribution in [0.15, 0.2) is 24.4 Å². The number of rotatable bonds is 5. The molecule has 1 aromatic heterocycles. The molecule has 0 amide bonds. The molecule has 1 heterocycles. The molecule has 21 heavy (non-hydrogen) atoms. The van der Waals surface area contributed by atoms with Gasteiger partial charge in [-0.05, 0) is 12.1 Å². The van der Waals surface area contributed by atoms with E-state index in [9.17, 15) is 13.9 Å². The quantitative estimate of drug-likeness (QED) is 0.915. The number of ether oxygens (including phenoxy) is 2. The van der Waals surface area contributed by atoms with Gasteiger partial charge in [0.1, 0.15) is 23.4 Å². The van der Waals surface area contributed by atoms with Crippen LogP contribution in [0.1, 0.15) is 17.4 Å². The first-order chi connectivity index (χ1) is 10.1. The average Bonchev–Trinajstić information content (AvgIpc) is 2.50. The average molecular weight is 296 g/mol. The first-order valence-electron chi connectivity index (χ1n) is 6.12. The van der Waals surface area contributed by atoms with Crippen LogP contribution in [-0.2, 0) is 6.42 Å². The molecule has 1 N–H and O–H groups in total. The number of hydrogen-bond acceptors (Lipinski definition) is 5. The summed E-state index contributed by atoms with van der Waals surface area (Å²) in [6.45, 7) is 0. The van der Waals surface area contributed by atoms with Crippen molar-refractivity contribution in [1.82, 2.24) is 9.97 Å². The molecule has 0 saturated heterocycles. The summed E-state index contributed by atoms with van der Waals surface area (Å²) in [5.74, 6) is -1.21. The van der Waals surface area contributed by atoms with Crippen molar-refractivity contribution >= 4 is 0 Å². The monoisotopic (exact) mass is 296 g/mol. The Hall–Kier alpha value is -2.28. The van der Waals surface area contributed by atoms with Crippen LogP contribution in [0, 0.1) is 11.6 Å². The number of aromatic nitrogens is 2. The van der Waals surface area contributed by atoms with E-state index in [4.69, 9.17) is 9.47 Å². The second-order valence-corrected chi connectivity index (χ2v) is 4.23. The maximum atomic E-state index is 13.6. The van der Waals surface area contributed by atoms with Crippen LogP contribution >= 0.6 is 0 Å². The molecule has 1 atom stereocenters. The first-order valence-corrected chi connectivity index (χ1v) is 6.12. The predicted molar refractivity (Wildman–Crippen MR) is 70.2 cm³/mol. The van der Waals surface area contributed by atoms with Crippen LogP contribution in [0.5, 0.6) is 11.8 Å². The van der Waals surface area contributed by atoms with Gasteiger partial charge in [0.25, 0.3) is 0 Å². The van der Waals surface area contributed by atoms with Crippen LogP contribution in [0.4, 0.5) is 8.78 Å². The Kier molecular flexibility index (Phi) is 4.64. The third kappa shape index (κ3) is 3.25. The number of methoxy groups -OCH3 is 2. The van der Waals surface area contributed by atoms with E-state index in [1.165, 1.54) is 26.5 Å². The standard InChI is InChI=1S/C14H14F2N2O3/c1-20-12-7-17-13(14(18-12)21-2)11(19)6-8-9(15)4-3-5-10(8)16/h3-5,7,11,19H,6H2,1-2H3. The molecule has 112 valence electrons. The van der Waals surface area contributed by atoms with Gasteiger partial charge in [-0.3, -0.25) is 0 Å². The minimum Gasteiger partial charge on any atom is -0.480 e. The lowest BCUT2D eigenvalue weighted by Gasteiger charge is -2.14. The normalized spacial score (nSPS) is 12.0. The third-order valence-corrected chi connectivity index (χ3v) is 2.92. The molecule has 0 aliphatic carbocycles. The fourth-order valence-corrected chi connectivity index (χ4v) is 1.86. The van der Waals surface area contributed by atoms with Gasteiger partial charge in [-0.1, -0.05) is 6.07 Å². The van der Waals surface area contributed by atoms with Crippen molar-refractivity contribution < 1.29 is 23.4 Å². The Bertz CT molecular complexity index is 617. The number of benzene rings is 1. The summed E-state index contributed by atoms with van der Waals surface area (Å²) >= 11 is 0. The van der Waals surface area contributed by atoms with E-state index in [-0.39, 0.29) is 29.4 Å². The number of aliphatic hydroxyl groups excluding tert-OH is 1. The Balaban J connectivity index is 2.30. The predicted octanol–water partition coefficient (Wildman–Crippen LogP) is 2.05. The molecular weight excluding hydrogens is 282 g/mol. The molecule has 2 rings (SSSR count). The minimum absolute atomic E-state index is 0.0404. The molecule has 0 aliphatic heterocycles. The van der Waals surface area contributed by atoms with Gasteiger partial charge in [-0.2, -0.15) is 4.98 Å². The van der Waals surface area contributed by atoms with Crippen molar-refractivity contribution in [2.75, 3.05) is 14.2 Å². The number of hydrogen-bond donors (Lipinski definition) is 1. The van der Waals surface area contributed by atoms with Gasteiger partial charge in [0.15, 0.2) is 0 Å². The zero-order chi connectivity index (χ0) is 15.4. The van der Waals surface area contributed by atoms with Crippen molar-refractivity contribution in [3.63, 3.8) is 0 Å². The summed E-state index contributed by atoms with van der Waals surface area (Å²) < 4.78 is 37.1.